The Bertz CT molecular complexity index is 1270. The predicted molar refractivity (Wildman–Crippen MR) is 148 cm³/mol. The molecule has 0 spiro atoms. The van der Waals surface area contributed by atoms with Gasteiger partial charge in [-0.1, -0.05) is 12.5 Å². The molecule has 0 bridgehead atoms. The molecule has 1 saturated heterocycles. The first-order chi connectivity index (χ1) is 18.5. The Balaban J connectivity index is 2.05. The van der Waals surface area contributed by atoms with Gasteiger partial charge in [0.2, 0.25) is 0 Å². The van der Waals surface area contributed by atoms with Gasteiger partial charge in [-0.05, 0) is 70.5 Å². The zero-order valence-corrected chi connectivity index (χ0v) is 23.1. The summed E-state index contributed by atoms with van der Waals surface area (Å²) in [4.78, 5) is 21.0. The number of likely N-dealkylation sites (tertiary alicyclic amines) is 1. The monoisotopic (exact) mass is 522 g/mol. The number of carbonyl (C=O) groups excluding carboxylic acids is 1. The molecule has 1 aliphatic rings. The van der Waals surface area contributed by atoms with Crippen LogP contribution in [0.4, 0.5) is 0 Å². The highest BCUT2D eigenvalue weighted by molar-refractivity contribution is 6.08. The second-order valence-electron chi connectivity index (χ2n) is 9.12. The van der Waals surface area contributed by atoms with Gasteiger partial charge >= 0.3 is 5.97 Å². The van der Waals surface area contributed by atoms with Crippen LogP contribution in [0, 0.1) is 0 Å². The summed E-state index contributed by atoms with van der Waals surface area (Å²) < 4.78 is 28.6. The van der Waals surface area contributed by atoms with E-state index in [9.17, 15) is 4.79 Å². The van der Waals surface area contributed by atoms with Crippen molar-refractivity contribution in [2.24, 2.45) is 0 Å². The average Bonchev–Trinajstić information content (AvgIpc) is 2.93. The van der Waals surface area contributed by atoms with E-state index < -0.39 is 5.97 Å². The van der Waals surface area contributed by atoms with Crippen LogP contribution in [0.1, 0.15) is 56.1 Å². The molecule has 0 aliphatic carbocycles. The Morgan fingerprint density at radius 1 is 0.842 bits per heavy atom. The number of rotatable bonds is 11. The summed E-state index contributed by atoms with van der Waals surface area (Å²) in [6.45, 7) is 9.42. The molecule has 3 aromatic rings. The van der Waals surface area contributed by atoms with Crippen LogP contribution in [-0.2, 0) is 11.3 Å². The molecule has 4 rings (SSSR count). The summed E-state index contributed by atoms with van der Waals surface area (Å²) in [6, 6.07) is 9.48. The van der Waals surface area contributed by atoms with Gasteiger partial charge in [0.05, 0.1) is 50.8 Å². The molecule has 0 saturated carbocycles. The third kappa shape index (κ3) is 5.80. The van der Waals surface area contributed by atoms with Gasteiger partial charge in [-0.25, -0.2) is 4.79 Å². The maximum Gasteiger partial charge on any atom is 0.340 e. The molecule has 8 heteroatoms. The lowest BCUT2D eigenvalue weighted by Crippen LogP contribution is -2.30. The Labute approximate surface area is 224 Å². The lowest BCUT2D eigenvalue weighted by molar-refractivity contribution is 0.0524. The highest BCUT2D eigenvalue weighted by Crippen LogP contribution is 2.42. The smallest absolute Gasteiger partial charge is 0.340 e. The number of hydrogen-bond acceptors (Lipinski definition) is 8. The summed E-state index contributed by atoms with van der Waals surface area (Å²) in [5.41, 5.74) is 3.40. The van der Waals surface area contributed by atoms with Crippen LogP contribution < -0.4 is 18.9 Å². The lowest BCUT2D eigenvalue weighted by Gasteiger charge is -2.27. The van der Waals surface area contributed by atoms with Crippen molar-refractivity contribution in [2.75, 3.05) is 47.1 Å². The van der Waals surface area contributed by atoms with Gasteiger partial charge in [0.1, 0.15) is 0 Å². The first kappa shape index (κ1) is 27.5. The summed E-state index contributed by atoms with van der Waals surface area (Å²) >= 11 is 0. The van der Waals surface area contributed by atoms with Crippen molar-refractivity contribution >= 4 is 16.9 Å². The number of carbonyl (C=O) groups is 1. The number of esters is 1. The summed E-state index contributed by atoms with van der Waals surface area (Å²) in [5, 5.41) is 0.773. The maximum atomic E-state index is 13.6. The number of benzene rings is 2. The molecule has 2 aromatic carbocycles. The third-order valence-electron chi connectivity index (χ3n) is 6.70. The molecule has 1 aromatic heterocycles. The highest BCUT2D eigenvalue weighted by Gasteiger charge is 2.27. The van der Waals surface area contributed by atoms with Crippen molar-refractivity contribution in [3.05, 3.63) is 41.6 Å². The van der Waals surface area contributed by atoms with E-state index in [-0.39, 0.29) is 6.61 Å². The maximum absolute atomic E-state index is 13.6. The Kier molecular flexibility index (Phi) is 9.29. The van der Waals surface area contributed by atoms with E-state index >= 15 is 0 Å². The van der Waals surface area contributed by atoms with Crippen LogP contribution in [0.3, 0.4) is 0 Å². The van der Waals surface area contributed by atoms with Crippen molar-refractivity contribution < 1.29 is 28.5 Å². The van der Waals surface area contributed by atoms with Gasteiger partial charge in [-0.2, -0.15) is 0 Å². The van der Waals surface area contributed by atoms with Crippen LogP contribution in [0.25, 0.3) is 22.0 Å². The molecule has 0 radical (unpaired) electrons. The number of ether oxygens (including phenoxy) is 5. The number of fused-ring (bicyclic) bond motifs is 1. The number of piperidine rings is 1. The van der Waals surface area contributed by atoms with Crippen LogP contribution in [0.5, 0.6) is 23.0 Å². The van der Waals surface area contributed by atoms with Gasteiger partial charge in [0, 0.05) is 23.6 Å². The molecule has 38 heavy (non-hydrogen) atoms. The van der Waals surface area contributed by atoms with Crippen LogP contribution >= 0.6 is 0 Å². The van der Waals surface area contributed by atoms with Gasteiger partial charge in [-0.3, -0.25) is 9.88 Å². The van der Waals surface area contributed by atoms with E-state index in [0.717, 1.165) is 48.0 Å². The molecule has 0 N–H and O–H groups in total. The molecular formula is C30H38N2O6. The largest absolute Gasteiger partial charge is 0.493 e. The molecule has 0 atom stereocenters. The molecule has 1 fully saturated rings. The predicted octanol–water partition coefficient (Wildman–Crippen LogP) is 5.88. The molecule has 8 nitrogen and oxygen atoms in total. The van der Waals surface area contributed by atoms with Crippen molar-refractivity contribution in [2.45, 2.75) is 46.6 Å². The summed E-state index contributed by atoms with van der Waals surface area (Å²) in [6.07, 6.45) is 3.50. The van der Waals surface area contributed by atoms with E-state index in [1.807, 2.05) is 51.1 Å². The fraction of sp³-hybridized carbons (Fsp3) is 0.467. The second-order valence-corrected chi connectivity index (χ2v) is 9.12. The number of aromatic nitrogens is 1. The molecular weight excluding hydrogens is 484 g/mol. The normalized spacial score (nSPS) is 13.8. The fourth-order valence-electron chi connectivity index (χ4n) is 5.02. The summed E-state index contributed by atoms with van der Waals surface area (Å²) in [7, 11) is 3.20. The van der Waals surface area contributed by atoms with E-state index in [0.29, 0.717) is 54.0 Å². The minimum Gasteiger partial charge on any atom is -0.493 e. The van der Waals surface area contributed by atoms with Gasteiger partial charge in [0.25, 0.3) is 0 Å². The Morgan fingerprint density at radius 3 is 2.16 bits per heavy atom. The van der Waals surface area contributed by atoms with E-state index in [2.05, 4.69) is 4.90 Å². The first-order valence-corrected chi connectivity index (χ1v) is 13.4. The lowest BCUT2D eigenvalue weighted by atomic mass is 9.93. The number of pyridine rings is 1. The van der Waals surface area contributed by atoms with Crippen LogP contribution in [0.15, 0.2) is 30.3 Å². The quantitative estimate of drug-likeness (QED) is 0.289. The third-order valence-corrected chi connectivity index (χ3v) is 6.70. The molecule has 0 unspecified atom stereocenters. The second kappa shape index (κ2) is 12.8. The summed E-state index contributed by atoms with van der Waals surface area (Å²) in [5.74, 6) is 2.00. The van der Waals surface area contributed by atoms with Crippen molar-refractivity contribution in [1.29, 1.82) is 0 Å². The molecule has 1 aliphatic heterocycles. The zero-order chi connectivity index (χ0) is 27.1. The highest BCUT2D eigenvalue weighted by atomic mass is 16.5. The first-order valence-electron chi connectivity index (χ1n) is 13.4. The molecule has 0 amide bonds. The number of hydrogen-bond donors (Lipinski definition) is 0. The fourth-order valence-corrected chi connectivity index (χ4v) is 5.02. The minimum atomic E-state index is -0.398. The number of nitrogens with zero attached hydrogens (tertiary/aromatic N) is 2. The van der Waals surface area contributed by atoms with Crippen LogP contribution in [-0.4, -0.2) is 63.0 Å². The molecule has 2 heterocycles. The SMILES string of the molecule is CCOC(=O)c1c(CN2CCCCC2)nc2cc(OCC)c(OCC)cc2c1-c1ccc(OC)c(OC)c1. The average molecular weight is 523 g/mol. The van der Waals surface area contributed by atoms with Crippen molar-refractivity contribution in [3.63, 3.8) is 0 Å². The van der Waals surface area contributed by atoms with Gasteiger partial charge < -0.3 is 23.7 Å². The van der Waals surface area contributed by atoms with E-state index in [4.69, 9.17) is 28.7 Å². The standard InChI is InChI=1S/C30H38N2O6/c1-6-36-26-17-21-22(18-27(26)37-7-2)31-23(19-32-14-10-9-11-15-32)29(30(33)38-8-3)28(21)20-12-13-24(34-4)25(16-20)35-5/h12-13,16-18H,6-11,14-15,19H2,1-5H3. The van der Waals surface area contributed by atoms with Gasteiger partial charge in [-0.15, -0.1) is 0 Å². The van der Waals surface area contributed by atoms with Crippen LogP contribution in [0.2, 0.25) is 0 Å². The van der Waals surface area contributed by atoms with Crippen molar-refractivity contribution in [3.8, 4) is 34.1 Å². The topological polar surface area (TPSA) is 79.4 Å². The minimum absolute atomic E-state index is 0.263. The Morgan fingerprint density at radius 2 is 1.53 bits per heavy atom. The van der Waals surface area contributed by atoms with Crippen molar-refractivity contribution in [1.82, 2.24) is 9.88 Å². The number of methoxy groups -OCH3 is 2. The Hall–Kier alpha value is -3.52. The van der Waals surface area contributed by atoms with Gasteiger partial charge in [0.15, 0.2) is 23.0 Å². The van der Waals surface area contributed by atoms with E-state index in [1.54, 1.807) is 14.2 Å². The van der Waals surface area contributed by atoms with E-state index in [1.165, 1.54) is 6.42 Å². The zero-order valence-electron chi connectivity index (χ0n) is 23.1. The molecule has 204 valence electrons.